The summed E-state index contributed by atoms with van der Waals surface area (Å²) in [6, 6.07) is 0. The van der Waals surface area contributed by atoms with Gasteiger partial charge in [-0.15, -0.1) is 0 Å². The van der Waals surface area contributed by atoms with E-state index in [0.717, 1.165) is 0 Å². The van der Waals surface area contributed by atoms with Gasteiger partial charge in [0.2, 0.25) is 5.78 Å². The standard InChI is InChI=1S/C7H10O4/c1-2-3-5(8)4-6(9)7(10)11/h2-3,5,8H,4H2,1H3,(H,10,11). The molecule has 0 radical (unpaired) electrons. The van der Waals surface area contributed by atoms with Gasteiger partial charge in [0.05, 0.1) is 6.10 Å². The smallest absolute Gasteiger partial charge is 0.372 e. The predicted octanol–water partition coefficient (Wildman–Crippen LogP) is -0.0328. The zero-order valence-corrected chi connectivity index (χ0v) is 6.15. The Kier molecular flexibility index (Phi) is 4.14. The summed E-state index contributed by atoms with van der Waals surface area (Å²) in [4.78, 5) is 20.4. The number of aliphatic carboxylic acids is 1. The first-order chi connectivity index (χ1) is 5.07. The van der Waals surface area contributed by atoms with Crippen LogP contribution >= 0.6 is 0 Å². The lowest BCUT2D eigenvalue weighted by atomic mass is 10.2. The highest BCUT2D eigenvalue weighted by Gasteiger charge is 2.14. The third kappa shape index (κ3) is 4.27. The molecular formula is C7H10O4. The number of rotatable bonds is 4. The number of carboxylic acid groups (broad SMARTS) is 1. The highest BCUT2D eigenvalue weighted by atomic mass is 16.4. The molecule has 11 heavy (non-hydrogen) atoms. The summed E-state index contributed by atoms with van der Waals surface area (Å²) in [5.41, 5.74) is 0. The Labute approximate surface area is 64.2 Å². The SMILES string of the molecule is CC=CC(O)CC(=O)C(=O)O. The molecule has 0 saturated carbocycles. The zero-order valence-electron chi connectivity index (χ0n) is 6.15. The zero-order chi connectivity index (χ0) is 8.85. The highest BCUT2D eigenvalue weighted by Crippen LogP contribution is 1.94. The van der Waals surface area contributed by atoms with Crippen molar-refractivity contribution in [2.24, 2.45) is 0 Å². The van der Waals surface area contributed by atoms with E-state index in [2.05, 4.69) is 0 Å². The van der Waals surface area contributed by atoms with Crippen molar-refractivity contribution in [3.63, 3.8) is 0 Å². The van der Waals surface area contributed by atoms with Crippen LogP contribution in [0.5, 0.6) is 0 Å². The first-order valence-electron chi connectivity index (χ1n) is 3.15. The number of hydrogen-bond acceptors (Lipinski definition) is 3. The summed E-state index contributed by atoms with van der Waals surface area (Å²) in [5, 5.41) is 17.0. The number of hydrogen-bond donors (Lipinski definition) is 2. The number of ketones is 1. The molecule has 4 heteroatoms. The van der Waals surface area contributed by atoms with Crippen molar-refractivity contribution < 1.29 is 19.8 Å². The van der Waals surface area contributed by atoms with Crippen LogP contribution in [0.2, 0.25) is 0 Å². The molecule has 0 aliphatic rings. The van der Waals surface area contributed by atoms with Crippen LogP contribution < -0.4 is 0 Å². The van der Waals surface area contributed by atoms with E-state index in [1.165, 1.54) is 6.08 Å². The van der Waals surface area contributed by atoms with E-state index >= 15 is 0 Å². The van der Waals surface area contributed by atoms with Gasteiger partial charge in [-0.25, -0.2) is 4.79 Å². The summed E-state index contributed by atoms with van der Waals surface area (Å²) in [7, 11) is 0. The monoisotopic (exact) mass is 158 g/mol. The largest absolute Gasteiger partial charge is 0.475 e. The normalized spacial score (nSPS) is 13.3. The number of allylic oxidation sites excluding steroid dienone is 1. The molecule has 0 amide bonds. The van der Waals surface area contributed by atoms with E-state index in [1.54, 1.807) is 13.0 Å². The second-order valence-electron chi connectivity index (χ2n) is 2.03. The van der Waals surface area contributed by atoms with Gasteiger partial charge >= 0.3 is 5.97 Å². The summed E-state index contributed by atoms with van der Waals surface area (Å²) < 4.78 is 0. The van der Waals surface area contributed by atoms with Crippen LogP contribution in [0.4, 0.5) is 0 Å². The fraction of sp³-hybridized carbons (Fsp3) is 0.429. The number of aliphatic hydroxyl groups excluding tert-OH is 1. The van der Waals surface area contributed by atoms with Gasteiger partial charge in [-0.1, -0.05) is 12.2 Å². The second kappa shape index (κ2) is 4.62. The van der Waals surface area contributed by atoms with Gasteiger partial charge in [-0.05, 0) is 6.92 Å². The minimum absolute atomic E-state index is 0.361. The van der Waals surface area contributed by atoms with E-state index in [9.17, 15) is 9.59 Å². The molecule has 4 nitrogen and oxygen atoms in total. The van der Waals surface area contributed by atoms with Crippen LogP contribution in [-0.4, -0.2) is 28.1 Å². The quantitative estimate of drug-likeness (QED) is 0.445. The van der Waals surface area contributed by atoms with E-state index in [4.69, 9.17) is 10.2 Å². The van der Waals surface area contributed by atoms with Crippen LogP contribution in [0, 0.1) is 0 Å². The topological polar surface area (TPSA) is 74.6 Å². The molecule has 62 valence electrons. The first kappa shape index (κ1) is 9.84. The fourth-order valence-electron chi connectivity index (χ4n) is 0.567. The fourth-order valence-corrected chi connectivity index (χ4v) is 0.567. The Bertz CT molecular complexity index is 183. The van der Waals surface area contributed by atoms with E-state index in [0.29, 0.717) is 0 Å². The van der Waals surface area contributed by atoms with Gasteiger partial charge in [-0.3, -0.25) is 4.79 Å². The van der Waals surface area contributed by atoms with E-state index in [1.807, 2.05) is 0 Å². The molecule has 0 fully saturated rings. The molecule has 0 aliphatic carbocycles. The van der Waals surface area contributed by atoms with Crippen LogP contribution in [0.1, 0.15) is 13.3 Å². The third-order valence-electron chi connectivity index (χ3n) is 1.05. The minimum atomic E-state index is -1.51. The Hall–Kier alpha value is -1.16. The predicted molar refractivity (Wildman–Crippen MR) is 38.1 cm³/mol. The lowest BCUT2D eigenvalue weighted by molar-refractivity contribution is -0.149. The Balaban J connectivity index is 3.85. The van der Waals surface area contributed by atoms with Crippen molar-refractivity contribution in [2.45, 2.75) is 19.4 Å². The average molecular weight is 158 g/mol. The van der Waals surface area contributed by atoms with E-state index < -0.39 is 17.9 Å². The molecular weight excluding hydrogens is 148 g/mol. The maximum atomic E-state index is 10.4. The van der Waals surface area contributed by atoms with Gasteiger partial charge in [0, 0.05) is 6.42 Å². The molecule has 0 aromatic carbocycles. The van der Waals surface area contributed by atoms with Gasteiger partial charge in [0.15, 0.2) is 0 Å². The van der Waals surface area contributed by atoms with Gasteiger partial charge in [0.25, 0.3) is 0 Å². The Morgan fingerprint density at radius 2 is 2.09 bits per heavy atom. The van der Waals surface area contributed by atoms with Gasteiger partial charge < -0.3 is 10.2 Å². The third-order valence-corrected chi connectivity index (χ3v) is 1.05. The molecule has 0 aliphatic heterocycles. The lowest BCUT2D eigenvalue weighted by Gasteiger charge is -1.99. The molecule has 0 saturated heterocycles. The number of Topliss-reactive ketones (excluding diaryl/α,β-unsaturated/α-hetero) is 1. The second-order valence-corrected chi connectivity index (χ2v) is 2.03. The highest BCUT2D eigenvalue weighted by molar-refractivity contribution is 6.32. The number of aliphatic hydroxyl groups is 1. The minimum Gasteiger partial charge on any atom is -0.475 e. The molecule has 1 unspecified atom stereocenters. The molecule has 1 atom stereocenters. The molecule has 2 N–H and O–H groups in total. The maximum Gasteiger partial charge on any atom is 0.372 e. The summed E-state index contributed by atoms with van der Waals surface area (Å²) in [6.45, 7) is 1.68. The molecule has 0 aromatic heterocycles. The molecule has 0 rings (SSSR count). The van der Waals surface area contributed by atoms with Crippen molar-refractivity contribution in [3.8, 4) is 0 Å². The summed E-state index contributed by atoms with van der Waals surface area (Å²) in [6.07, 6.45) is 1.57. The number of carbonyl (C=O) groups excluding carboxylic acids is 1. The molecule has 0 bridgehead atoms. The Morgan fingerprint density at radius 1 is 1.55 bits per heavy atom. The molecule has 0 heterocycles. The van der Waals surface area contributed by atoms with Crippen LogP contribution in [0.15, 0.2) is 12.2 Å². The van der Waals surface area contributed by atoms with Gasteiger partial charge in [-0.2, -0.15) is 0 Å². The molecule has 0 aromatic rings. The van der Waals surface area contributed by atoms with Crippen molar-refractivity contribution in [1.29, 1.82) is 0 Å². The van der Waals surface area contributed by atoms with Crippen LogP contribution in [-0.2, 0) is 9.59 Å². The van der Waals surface area contributed by atoms with Crippen molar-refractivity contribution >= 4 is 11.8 Å². The summed E-state index contributed by atoms with van der Waals surface area (Å²) in [5.74, 6) is -2.48. The van der Waals surface area contributed by atoms with E-state index in [-0.39, 0.29) is 6.42 Å². The van der Waals surface area contributed by atoms with Crippen LogP contribution in [0.3, 0.4) is 0 Å². The average Bonchev–Trinajstić information content (AvgIpc) is 1.87. The first-order valence-corrected chi connectivity index (χ1v) is 3.15. The van der Waals surface area contributed by atoms with Crippen molar-refractivity contribution in [1.82, 2.24) is 0 Å². The van der Waals surface area contributed by atoms with Crippen molar-refractivity contribution in [3.05, 3.63) is 12.2 Å². The Morgan fingerprint density at radius 3 is 2.45 bits per heavy atom. The van der Waals surface area contributed by atoms with Crippen molar-refractivity contribution in [2.75, 3.05) is 0 Å². The number of carbonyl (C=O) groups is 2. The summed E-state index contributed by atoms with van der Waals surface area (Å²) >= 11 is 0. The van der Waals surface area contributed by atoms with Gasteiger partial charge in [0.1, 0.15) is 0 Å². The maximum absolute atomic E-state index is 10.4. The number of carboxylic acids is 1. The molecule has 0 spiro atoms. The lowest BCUT2D eigenvalue weighted by Crippen LogP contribution is -2.18. The van der Waals surface area contributed by atoms with Crippen LogP contribution in [0.25, 0.3) is 0 Å².